The van der Waals surface area contributed by atoms with E-state index in [0.717, 1.165) is 0 Å². The molecule has 0 saturated carbocycles. The summed E-state index contributed by atoms with van der Waals surface area (Å²) in [5.41, 5.74) is 0.522. The van der Waals surface area contributed by atoms with Crippen molar-refractivity contribution < 1.29 is 24.2 Å². The van der Waals surface area contributed by atoms with Crippen molar-refractivity contribution in [3.8, 4) is 11.5 Å². The zero-order valence-electron chi connectivity index (χ0n) is 12.0. The number of benzene rings is 1. The van der Waals surface area contributed by atoms with Gasteiger partial charge in [-0.15, -0.1) is 0 Å². The number of carboxylic acids is 1. The summed E-state index contributed by atoms with van der Waals surface area (Å²) in [6, 6.07) is 5.02. The van der Waals surface area contributed by atoms with Crippen LogP contribution in [0.15, 0.2) is 18.2 Å². The number of ether oxygens (including phenoxy) is 2. The molecule has 1 unspecified atom stereocenters. The molecule has 1 amide bonds. The SMILES string of the molecule is COc1ccc(N(CC(C)C(=O)O)C(C)=O)c(OC)c1. The van der Waals surface area contributed by atoms with E-state index in [9.17, 15) is 9.59 Å². The monoisotopic (exact) mass is 281 g/mol. The Hall–Kier alpha value is -2.24. The lowest BCUT2D eigenvalue weighted by Crippen LogP contribution is -2.35. The smallest absolute Gasteiger partial charge is 0.308 e. The van der Waals surface area contributed by atoms with E-state index < -0.39 is 11.9 Å². The highest BCUT2D eigenvalue weighted by molar-refractivity contribution is 5.94. The van der Waals surface area contributed by atoms with Crippen LogP contribution in [0.4, 0.5) is 5.69 Å². The highest BCUT2D eigenvalue weighted by Crippen LogP contribution is 2.32. The molecule has 0 fully saturated rings. The van der Waals surface area contributed by atoms with Gasteiger partial charge in [0, 0.05) is 19.5 Å². The van der Waals surface area contributed by atoms with Crippen LogP contribution in [0, 0.1) is 5.92 Å². The third-order valence-electron chi connectivity index (χ3n) is 2.94. The molecule has 1 aromatic carbocycles. The lowest BCUT2D eigenvalue weighted by Gasteiger charge is -2.25. The maximum Gasteiger partial charge on any atom is 0.308 e. The van der Waals surface area contributed by atoms with E-state index in [-0.39, 0.29) is 12.5 Å². The third-order valence-corrected chi connectivity index (χ3v) is 2.94. The fourth-order valence-corrected chi connectivity index (χ4v) is 1.76. The number of carbonyl (C=O) groups is 2. The van der Waals surface area contributed by atoms with Crippen LogP contribution in [0.25, 0.3) is 0 Å². The van der Waals surface area contributed by atoms with E-state index in [1.807, 2.05) is 0 Å². The van der Waals surface area contributed by atoms with Crippen LogP contribution in [0.2, 0.25) is 0 Å². The van der Waals surface area contributed by atoms with E-state index >= 15 is 0 Å². The number of aliphatic carboxylic acids is 1. The summed E-state index contributed by atoms with van der Waals surface area (Å²) in [6.45, 7) is 3.01. The van der Waals surface area contributed by atoms with Crippen molar-refractivity contribution in [2.45, 2.75) is 13.8 Å². The predicted molar refractivity (Wildman–Crippen MR) is 74.4 cm³/mol. The van der Waals surface area contributed by atoms with Crippen molar-refractivity contribution in [3.63, 3.8) is 0 Å². The average Bonchev–Trinajstić information content (AvgIpc) is 2.43. The maximum absolute atomic E-state index is 11.8. The fourth-order valence-electron chi connectivity index (χ4n) is 1.76. The molecule has 0 aromatic heterocycles. The quantitative estimate of drug-likeness (QED) is 0.860. The predicted octanol–water partition coefficient (Wildman–Crippen LogP) is 1.78. The Morgan fingerprint density at radius 2 is 1.95 bits per heavy atom. The summed E-state index contributed by atoms with van der Waals surface area (Å²) in [4.78, 5) is 24.1. The minimum absolute atomic E-state index is 0.0767. The lowest BCUT2D eigenvalue weighted by atomic mass is 10.1. The first-order valence-corrected chi connectivity index (χ1v) is 6.13. The van der Waals surface area contributed by atoms with Crippen LogP contribution in [0.1, 0.15) is 13.8 Å². The Kier molecular flexibility index (Phi) is 5.37. The summed E-state index contributed by atoms with van der Waals surface area (Å²) < 4.78 is 10.3. The molecule has 0 aliphatic carbocycles. The van der Waals surface area contributed by atoms with Gasteiger partial charge in [0.1, 0.15) is 11.5 Å². The molecular weight excluding hydrogens is 262 g/mol. The summed E-state index contributed by atoms with van der Waals surface area (Å²) >= 11 is 0. The summed E-state index contributed by atoms with van der Waals surface area (Å²) in [6.07, 6.45) is 0. The topological polar surface area (TPSA) is 76.1 Å². The molecule has 0 spiro atoms. The Balaban J connectivity index is 3.14. The highest BCUT2D eigenvalue weighted by Gasteiger charge is 2.22. The summed E-state index contributed by atoms with van der Waals surface area (Å²) in [5.74, 6) is -0.825. The molecule has 0 aliphatic rings. The van der Waals surface area contributed by atoms with Gasteiger partial charge in [0.2, 0.25) is 5.91 Å². The third kappa shape index (κ3) is 3.63. The average molecular weight is 281 g/mol. The summed E-state index contributed by atoms with van der Waals surface area (Å²) in [5, 5.41) is 8.98. The summed E-state index contributed by atoms with van der Waals surface area (Å²) in [7, 11) is 3.01. The molecule has 0 radical (unpaired) electrons. The minimum Gasteiger partial charge on any atom is -0.497 e. The van der Waals surface area contributed by atoms with Crippen molar-refractivity contribution in [2.24, 2.45) is 5.92 Å². The molecule has 20 heavy (non-hydrogen) atoms. The zero-order valence-corrected chi connectivity index (χ0v) is 12.0. The van der Waals surface area contributed by atoms with Crippen LogP contribution in [0.5, 0.6) is 11.5 Å². The van der Waals surface area contributed by atoms with Crippen molar-refractivity contribution in [3.05, 3.63) is 18.2 Å². The number of anilines is 1. The van der Waals surface area contributed by atoms with Gasteiger partial charge >= 0.3 is 5.97 Å². The first kappa shape index (κ1) is 15.8. The molecule has 1 atom stereocenters. The molecule has 6 nitrogen and oxygen atoms in total. The molecule has 1 aromatic rings. The Morgan fingerprint density at radius 3 is 2.40 bits per heavy atom. The van der Waals surface area contributed by atoms with Crippen LogP contribution in [-0.4, -0.2) is 37.7 Å². The van der Waals surface area contributed by atoms with Gasteiger partial charge in [0.05, 0.1) is 25.8 Å². The van der Waals surface area contributed by atoms with E-state index in [1.165, 1.54) is 26.0 Å². The van der Waals surface area contributed by atoms with Gasteiger partial charge in [0.25, 0.3) is 0 Å². The van der Waals surface area contributed by atoms with E-state index in [4.69, 9.17) is 14.6 Å². The second kappa shape index (κ2) is 6.79. The Bertz CT molecular complexity index is 500. The first-order valence-electron chi connectivity index (χ1n) is 6.13. The fraction of sp³-hybridized carbons (Fsp3) is 0.429. The number of hydrogen-bond donors (Lipinski definition) is 1. The van der Waals surface area contributed by atoms with Gasteiger partial charge in [0.15, 0.2) is 0 Å². The number of carbonyl (C=O) groups excluding carboxylic acids is 1. The number of hydrogen-bond acceptors (Lipinski definition) is 4. The van der Waals surface area contributed by atoms with E-state index in [1.54, 1.807) is 25.1 Å². The zero-order chi connectivity index (χ0) is 15.3. The van der Waals surface area contributed by atoms with E-state index in [0.29, 0.717) is 17.2 Å². The molecule has 1 N–H and O–H groups in total. The minimum atomic E-state index is -0.955. The van der Waals surface area contributed by atoms with Crippen molar-refractivity contribution in [2.75, 3.05) is 25.7 Å². The van der Waals surface area contributed by atoms with Crippen LogP contribution < -0.4 is 14.4 Å². The first-order chi connectivity index (χ1) is 9.40. The second-order valence-corrected chi connectivity index (χ2v) is 4.41. The second-order valence-electron chi connectivity index (χ2n) is 4.41. The molecule has 0 bridgehead atoms. The largest absolute Gasteiger partial charge is 0.497 e. The number of carboxylic acid groups (broad SMARTS) is 1. The van der Waals surface area contributed by atoms with Crippen LogP contribution in [0.3, 0.4) is 0 Å². The Morgan fingerprint density at radius 1 is 1.30 bits per heavy atom. The lowest BCUT2D eigenvalue weighted by molar-refractivity contribution is -0.140. The number of nitrogens with zero attached hydrogens (tertiary/aromatic N) is 1. The van der Waals surface area contributed by atoms with Gasteiger partial charge in [-0.05, 0) is 12.1 Å². The molecule has 0 saturated heterocycles. The van der Waals surface area contributed by atoms with Gasteiger partial charge in [-0.25, -0.2) is 0 Å². The van der Waals surface area contributed by atoms with Gasteiger partial charge in [-0.2, -0.15) is 0 Å². The van der Waals surface area contributed by atoms with Gasteiger partial charge < -0.3 is 19.5 Å². The molecule has 0 aliphatic heterocycles. The van der Waals surface area contributed by atoms with Crippen LogP contribution in [-0.2, 0) is 9.59 Å². The molecule has 0 heterocycles. The molecule has 1 rings (SSSR count). The normalized spacial score (nSPS) is 11.6. The standard InChI is InChI=1S/C14H19NO5/c1-9(14(17)18)8-15(10(2)16)12-6-5-11(19-3)7-13(12)20-4/h5-7,9H,8H2,1-4H3,(H,17,18). The van der Waals surface area contributed by atoms with Gasteiger partial charge in [-0.3, -0.25) is 9.59 Å². The van der Waals surface area contributed by atoms with E-state index in [2.05, 4.69) is 0 Å². The van der Waals surface area contributed by atoms with Crippen molar-refractivity contribution in [1.82, 2.24) is 0 Å². The van der Waals surface area contributed by atoms with Crippen molar-refractivity contribution >= 4 is 17.6 Å². The maximum atomic E-state index is 11.8. The number of rotatable bonds is 6. The molecular formula is C14H19NO5. The highest BCUT2D eigenvalue weighted by atomic mass is 16.5. The molecule has 110 valence electrons. The number of amides is 1. The number of methoxy groups -OCH3 is 2. The molecule has 6 heteroatoms. The Labute approximate surface area is 117 Å². The van der Waals surface area contributed by atoms with Crippen molar-refractivity contribution in [1.29, 1.82) is 0 Å². The van der Waals surface area contributed by atoms with Gasteiger partial charge in [-0.1, -0.05) is 6.92 Å². The van der Waals surface area contributed by atoms with Crippen LogP contribution >= 0.6 is 0 Å².